The summed E-state index contributed by atoms with van der Waals surface area (Å²) >= 11 is 1.59. The fraction of sp³-hybridized carbons (Fsp3) is 0.450. The maximum Gasteiger partial charge on any atom is 0.263 e. The molecule has 2 aromatic rings. The molecule has 0 spiro atoms. The summed E-state index contributed by atoms with van der Waals surface area (Å²) in [5, 5.41) is 2.88. The van der Waals surface area contributed by atoms with Crippen LogP contribution < -0.4 is 5.32 Å². The van der Waals surface area contributed by atoms with Gasteiger partial charge in [0.25, 0.3) is 5.91 Å². The van der Waals surface area contributed by atoms with E-state index in [4.69, 9.17) is 0 Å². The SMILES string of the molecule is CCc1sc(C(=O)N2CCC(C(=O)Nc3ccc(C)cn3)CC2)cc1C. The van der Waals surface area contributed by atoms with E-state index < -0.39 is 0 Å². The second-order valence-corrected chi connectivity index (χ2v) is 7.98. The number of thiophene rings is 1. The van der Waals surface area contributed by atoms with Gasteiger partial charge in [-0.1, -0.05) is 13.0 Å². The van der Waals surface area contributed by atoms with Gasteiger partial charge in [0.15, 0.2) is 0 Å². The first-order chi connectivity index (χ1) is 12.5. The average molecular weight is 372 g/mol. The number of pyridine rings is 1. The molecule has 0 bridgehead atoms. The van der Waals surface area contributed by atoms with E-state index in [-0.39, 0.29) is 17.7 Å². The molecule has 2 amide bonds. The van der Waals surface area contributed by atoms with Crippen LogP contribution in [0.25, 0.3) is 0 Å². The molecule has 1 saturated heterocycles. The van der Waals surface area contributed by atoms with E-state index >= 15 is 0 Å². The molecule has 5 nitrogen and oxygen atoms in total. The molecule has 2 aromatic heterocycles. The largest absolute Gasteiger partial charge is 0.338 e. The van der Waals surface area contributed by atoms with Gasteiger partial charge in [-0.25, -0.2) is 4.98 Å². The van der Waals surface area contributed by atoms with E-state index in [0.29, 0.717) is 31.7 Å². The third-order valence-corrected chi connectivity index (χ3v) is 6.24. The number of aryl methyl sites for hydroxylation is 3. The van der Waals surface area contributed by atoms with E-state index in [0.717, 1.165) is 16.9 Å². The van der Waals surface area contributed by atoms with Crippen molar-refractivity contribution >= 4 is 29.0 Å². The summed E-state index contributed by atoms with van der Waals surface area (Å²) in [6, 6.07) is 5.74. The van der Waals surface area contributed by atoms with E-state index in [1.165, 1.54) is 10.4 Å². The van der Waals surface area contributed by atoms with E-state index in [1.807, 2.05) is 30.0 Å². The van der Waals surface area contributed by atoms with Crippen LogP contribution in [0.3, 0.4) is 0 Å². The Morgan fingerprint density at radius 1 is 1.27 bits per heavy atom. The molecule has 1 aliphatic heterocycles. The summed E-state index contributed by atoms with van der Waals surface area (Å²) in [5.41, 5.74) is 2.26. The molecule has 1 aliphatic rings. The minimum atomic E-state index is -0.0709. The third kappa shape index (κ3) is 4.12. The number of piperidine rings is 1. The van der Waals surface area contributed by atoms with Gasteiger partial charge in [0.2, 0.25) is 5.91 Å². The summed E-state index contributed by atoms with van der Waals surface area (Å²) in [6.07, 6.45) is 4.08. The summed E-state index contributed by atoms with van der Waals surface area (Å²) in [6.45, 7) is 7.37. The Balaban J connectivity index is 1.55. The monoisotopic (exact) mass is 371 g/mol. The van der Waals surface area contributed by atoms with Gasteiger partial charge in [-0.3, -0.25) is 9.59 Å². The number of likely N-dealkylation sites (tertiary alicyclic amines) is 1. The zero-order valence-electron chi connectivity index (χ0n) is 15.5. The number of nitrogens with one attached hydrogen (secondary N) is 1. The molecular formula is C20H25N3O2S. The Kier molecular flexibility index (Phi) is 5.71. The zero-order valence-corrected chi connectivity index (χ0v) is 16.4. The van der Waals surface area contributed by atoms with Crippen molar-refractivity contribution in [2.75, 3.05) is 18.4 Å². The first kappa shape index (κ1) is 18.6. The van der Waals surface area contributed by atoms with Crippen LogP contribution in [-0.2, 0) is 11.2 Å². The maximum atomic E-state index is 12.7. The molecule has 6 heteroatoms. The highest BCUT2D eigenvalue weighted by Crippen LogP contribution is 2.26. The number of rotatable bonds is 4. The topological polar surface area (TPSA) is 62.3 Å². The molecule has 3 rings (SSSR count). The molecule has 138 valence electrons. The van der Waals surface area contributed by atoms with Crippen LogP contribution in [0.4, 0.5) is 5.82 Å². The zero-order chi connectivity index (χ0) is 18.7. The predicted octanol–water partition coefficient (Wildman–Crippen LogP) is 3.81. The average Bonchev–Trinajstić information content (AvgIpc) is 3.04. The molecule has 1 N–H and O–H groups in total. The number of carbonyl (C=O) groups is 2. The molecule has 0 aromatic carbocycles. The summed E-state index contributed by atoms with van der Waals surface area (Å²) in [7, 11) is 0. The molecule has 0 saturated carbocycles. The van der Waals surface area contributed by atoms with Crippen molar-refractivity contribution in [3.05, 3.63) is 45.3 Å². The lowest BCUT2D eigenvalue weighted by atomic mass is 9.95. The quantitative estimate of drug-likeness (QED) is 0.889. The predicted molar refractivity (Wildman–Crippen MR) is 105 cm³/mol. The highest BCUT2D eigenvalue weighted by Gasteiger charge is 2.28. The van der Waals surface area contributed by atoms with Crippen LogP contribution in [0, 0.1) is 19.8 Å². The van der Waals surface area contributed by atoms with Crippen molar-refractivity contribution in [3.8, 4) is 0 Å². The first-order valence-electron chi connectivity index (χ1n) is 9.10. The Morgan fingerprint density at radius 2 is 2.00 bits per heavy atom. The third-order valence-electron chi connectivity index (χ3n) is 4.87. The van der Waals surface area contributed by atoms with Crippen molar-refractivity contribution < 1.29 is 9.59 Å². The number of nitrogens with zero attached hydrogens (tertiary/aromatic N) is 2. The standard InChI is InChI=1S/C20H25N3O2S/c1-4-16-14(3)11-17(26-16)20(25)23-9-7-15(8-10-23)19(24)22-18-6-5-13(2)12-21-18/h5-6,11-12,15H,4,7-10H2,1-3H3,(H,21,22,24). The molecule has 0 unspecified atom stereocenters. The van der Waals surface area contributed by atoms with Crippen LogP contribution in [-0.4, -0.2) is 34.8 Å². The number of aromatic nitrogens is 1. The second kappa shape index (κ2) is 7.99. The molecule has 0 atom stereocenters. The molecule has 1 fully saturated rings. The fourth-order valence-corrected chi connectivity index (χ4v) is 4.33. The van der Waals surface area contributed by atoms with Gasteiger partial charge in [0.05, 0.1) is 4.88 Å². The fourth-order valence-electron chi connectivity index (χ4n) is 3.25. The van der Waals surface area contributed by atoms with Crippen LogP contribution >= 0.6 is 11.3 Å². The molecule has 0 radical (unpaired) electrons. The van der Waals surface area contributed by atoms with E-state index in [9.17, 15) is 9.59 Å². The normalized spacial score (nSPS) is 15.1. The Hall–Kier alpha value is -2.21. The summed E-state index contributed by atoms with van der Waals surface area (Å²) in [5.74, 6) is 0.601. The number of anilines is 1. The highest BCUT2D eigenvalue weighted by atomic mass is 32.1. The highest BCUT2D eigenvalue weighted by molar-refractivity contribution is 7.14. The van der Waals surface area contributed by atoms with Crippen LogP contribution in [0.1, 0.15) is 45.4 Å². The Labute approximate surface area is 158 Å². The van der Waals surface area contributed by atoms with E-state index in [2.05, 4.69) is 24.1 Å². The van der Waals surface area contributed by atoms with Gasteiger partial charge in [-0.2, -0.15) is 0 Å². The molecule has 26 heavy (non-hydrogen) atoms. The lowest BCUT2D eigenvalue weighted by Crippen LogP contribution is -2.41. The van der Waals surface area contributed by atoms with Crippen molar-refractivity contribution in [1.82, 2.24) is 9.88 Å². The number of amides is 2. The smallest absolute Gasteiger partial charge is 0.263 e. The lowest BCUT2D eigenvalue weighted by Gasteiger charge is -2.31. The van der Waals surface area contributed by atoms with Crippen molar-refractivity contribution in [2.24, 2.45) is 5.92 Å². The Morgan fingerprint density at radius 3 is 2.58 bits per heavy atom. The summed E-state index contributed by atoms with van der Waals surface area (Å²) < 4.78 is 0. The molecule has 3 heterocycles. The molecule has 0 aliphatic carbocycles. The van der Waals surface area contributed by atoms with Gasteiger partial charge in [-0.05, 0) is 56.4 Å². The Bertz CT molecular complexity index is 790. The lowest BCUT2D eigenvalue weighted by molar-refractivity contribution is -0.121. The maximum absolute atomic E-state index is 12.7. The van der Waals surface area contributed by atoms with Gasteiger partial charge < -0.3 is 10.2 Å². The minimum Gasteiger partial charge on any atom is -0.338 e. The second-order valence-electron chi connectivity index (χ2n) is 6.85. The van der Waals surface area contributed by atoms with Gasteiger partial charge in [0, 0.05) is 30.1 Å². The van der Waals surface area contributed by atoms with Crippen molar-refractivity contribution in [2.45, 2.75) is 40.0 Å². The first-order valence-corrected chi connectivity index (χ1v) is 9.91. The van der Waals surface area contributed by atoms with Crippen LogP contribution in [0.15, 0.2) is 24.4 Å². The van der Waals surface area contributed by atoms with Gasteiger partial charge in [-0.15, -0.1) is 11.3 Å². The molecular weight excluding hydrogens is 346 g/mol. The number of carbonyl (C=O) groups excluding carboxylic acids is 2. The van der Waals surface area contributed by atoms with Gasteiger partial charge >= 0.3 is 0 Å². The summed E-state index contributed by atoms with van der Waals surface area (Å²) in [4.78, 5) is 33.3. The number of hydrogen-bond donors (Lipinski definition) is 1. The van der Waals surface area contributed by atoms with Crippen LogP contribution in [0.2, 0.25) is 0 Å². The van der Waals surface area contributed by atoms with Crippen molar-refractivity contribution in [1.29, 1.82) is 0 Å². The van der Waals surface area contributed by atoms with E-state index in [1.54, 1.807) is 17.5 Å². The minimum absolute atomic E-state index is 0.00584. The number of hydrogen-bond acceptors (Lipinski definition) is 4. The van der Waals surface area contributed by atoms with Crippen LogP contribution in [0.5, 0.6) is 0 Å². The van der Waals surface area contributed by atoms with Gasteiger partial charge in [0.1, 0.15) is 5.82 Å². The van der Waals surface area contributed by atoms with Crippen molar-refractivity contribution in [3.63, 3.8) is 0 Å².